The van der Waals surface area contributed by atoms with E-state index in [9.17, 15) is 9.59 Å². The zero-order valence-corrected chi connectivity index (χ0v) is 29.9. The fourth-order valence-corrected chi connectivity index (χ4v) is 8.01. The standard InChI is InChI=1S/C37H40ClFN8O3/c1-9-25(48)45-15-21-13-40-31-33(46(21)14-20(45)7)22-12-23(38)27(26-19(6)10-11-24-34(26)44(8)37(50)43-24)28(39)32(22)47(36(31)49)35-29(17(2)3)41-16-42-30(35)18(4)5/h9-12,16-18,20-21,40H,1,13-15H2,2-8H3,(H,43,50). The molecule has 0 saturated carbocycles. The summed E-state index contributed by atoms with van der Waals surface area (Å²) in [6, 6.07) is 4.90. The number of benzene rings is 2. The van der Waals surface area contributed by atoms with Gasteiger partial charge in [-0.05, 0) is 49.5 Å². The van der Waals surface area contributed by atoms with Crippen molar-refractivity contribution in [2.45, 2.75) is 65.5 Å². The summed E-state index contributed by atoms with van der Waals surface area (Å²) in [5.74, 6) is -1.13. The van der Waals surface area contributed by atoms with Crippen LogP contribution in [0.5, 0.6) is 0 Å². The highest BCUT2D eigenvalue weighted by Gasteiger charge is 2.40. The molecule has 2 atom stereocenters. The van der Waals surface area contributed by atoms with Gasteiger partial charge in [0.2, 0.25) is 5.91 Å². The monoisotopic (exact) mass is 698 g/mol. The number of rotatable bonds is 5. The lowest BCUT2D eigenvalue weighted by atomic mass is 9.94. The number of carbonyl (C=O) groups is 1. The molecule has 1 fully saturated rings. The summed E-state index contributed by atoms with van der Waals surface area (Å²) >= 11 is 7.15. The average molecular weight is 699 g/mol. The third kappa shape index (κ3) is 4.86. The highest BCUT2D eigenvalue weighted by atomic mass is 35.5. The predicted molar refractivity (Wildman–Crippen MR) is 197 cm³/mol. The summed E-state index contributed by atoms with van der Waals surface area (Å²) in [6.45, 7) is 16.6. The van der Waals surface area contributed by atoms with Crippen molar-refractivity contribution < 1.29 is 9.18 Å². The topological polar surface area (TPSA) is 121 Å². The Balaban J connectivity index is 1.65. The third-order valence-electron chi connectivity index (χ3n) is 10.1. The van der Waals surface area contributed by atoms with Gasteiger partial charge in [-0.2, -0.15) is 0 Å². The van der Waals surface area contributed by atoms with Gasteiger partial charge in [-0.1, -0.05) is 51.9 Å². The Hall–Kier alpha value is -4.97. The molecule has 5 aromatic rings. The quantitative estimate of drug-likeness (QED) is 0.216. The summed E-state index contributed by atoms with van der Waals surface area (Å²) in [7, 11) is 1.62. The van der Waals surface area contributed by atoms with Crippen molar-refractivity contribution in [1.29, 1.82) is 0 Å². The van der Waals surface area contributed by atoms with E-state index in [0.29, 0.717) is 75.6 Å². The Morgan fingerprint density at radius 2 is 1.74 bits per heavy atom. The van der Waals surface area contributed by atoms with Crippen LogP contribution in [0.15, 0.2) is 46.8 Å². The average Bonchev–Trinajstić information content (AvgIpc) is 3.37. The van der Waals surface area contributed by atoms with Crippen LogP contribution in [0, 0.1) is 12.7 Å². The minimum absolute atomic E-state index is 0.0309. The second kappa shape index (κ2) is 12.1. The number of carbonyl (C=O) groups excluding carboxylic acids is 1. The molecule has 11 nitrogen and oxygen atoms in total. The fourth-order valence-electron chi connectivity index (χ4n) is 7.73. The fraction of sp³-hybridized carbons (Fsp3) is 0.378. The summed E-state index contributed by atoms with van der Waals surface area (Å²) in [5.41, 5.74) is 3.98. The Kier molecular flexibility index (Phi) is 8.12. The van der Waals surface area contributed by atoms with Gasteiger partial charge in [-0.25, -0.2) is 19.2 Å². The number of imidazole rings is 1. The van der Waals surface area contributed by atoms with E-state index in [0.717, 1.165) is 0 Å². The van der Waals surface area contributed by atoms with E-state index in [1.54, 1.807) is 24.1 Å². The van der Waals surface area contributed by atoms with Gasteiger partial charge in [-0.15, -0.1) is 0 Å². The molecule has 2 aromatic carbocycles. The molecule has 0 bridgehead atoms. The van der Waals surface area contributed by atoms with E-state index in [-0.39, 0.29) is 51.6 Å². The van der Waals surface area contributed by atoms with E-state index in [4.69, 9.17) is 11.6 Å². The van der Waals surface area contributed by atoms with Crippen LogP contribution in [0.4, 0.5) is 15.8 Å². The van der Waals surface area contributed by atoms with Crippen molar-refractivity contribution in [3.8, 4) is 16.8 Å². The van der Waals surface area contributed by atoms with Crippen molar-refractivity contribution in [3.05, 3.63) is 85.8 Å². The second-order valence-electron chi connectivity index (χ2n) is 14.0. The van der Waals surface area contributed by atoms with E-state index in [1.165, 1.54) is 21.5 Å². The van der Waals surface area contributed by atoms with E-state index in [2.05, 4.69) is 31.7 Å². The molecule has 2 N–H and O–H groups in total. The van der Waals surface area contributed by atoms with Crippen LogP contribution < -0.4 is 21.5 Å². The molecule has 2 aliphatic rings. The minimum atomic E-state index is -0.708. The molecule has 2 aliphatic heterocycles. The molecule has 1 saturated heterocycles. The number of hydrogen-bond acceptors (Lipinski definition) is 7. The SMILES string of the molecule is C=CC(=O)N1CC2CNc3c(c4cc(Cl)c(-c5c(C)ccc6[nH]c(=O)n(C)c56)c(F)c4n(-c4c(C(C)C)ncnc4C(C)C)c3=O)N2CC1C. The maximum Gasteiger partial charge on any atom is 0.326 e. The van der Waals surface area contributed by atoms with E-state index >= 15 is 9.18 Å². The number of anilines is 2. The number of aromatic amines is 1. The molecule has 13 heteroatoms. The third-order valence-corrected chi connectivity index (χ3v) is 10.4. The Labute approximate surface area is 293 Å². The second-order valence-corrected chi connectivity index (χ2v) is 14.4. The van der Waals surface area contributed by atoms with Gasteiger partial charge in [0.1, 0.15) is 12.0 Å². The number of amides is 1. The molecule has 260 valence electrons. The van der Waals surface area contributed by atoms with Crippen molar-refractivity contribution >= 4 is 50.8 Å². The van der Waals surface area contributed by atoms with Crippen LogP contribution in [-0.4, -0.2) is 66.6 Å². The maximum atomic E-state index is 18.1. The van der Waals surface area contributed by atoms with Gasteiger partial charge in [0, 0.05) is 49.2 Å². The Morgan fingerprint density at radius 3 is 2.38 bits per heavy atom. The lowest BCUT2D eigenvalue weighted by Crippen LogP contribution is -2.62. The van der Waals surface area contributed by atoms with Gasteiger partial charge in [0.25, 0.3) is 5.56 Å². The zero-order chi connectivity index (χ0) is 35.9. The van der Waals surface area contributed by atoms with Crippen LogP contribution in [0.25, 0.3) is 38.8 Å². The lowest BCUT2D eigenvalue weighted by molar-refractivity contribution is -0.128. The first-order chi connectivity index (χ1) is 23.8. The molecule has 2 unspecified atom stereocenters. The molecule has 5 heterocycles. The molecule has 1 amide bonds. The van der Waals surface area contributed by atoms with Crippen LogP contribution in [0.1, 0.15) is 63.4 Å². The number of pyridine rings is 1. The first-order valence-electron chi connectivity index (χ1n) is 16.8. The normalized spacial score (nSPS) is 17.4. The first-order valence-corrected chi connectivity index (χ1v) is 17.2. The number of H-pyrrole nitrogens is 1. The highest BCUT2D eigenvalue weighted by molar-refractivity contribution is 6.35. The molecule has 3 aromatic heterocycles. The van der Waals surface area contributed by atoms with Gasteiger partial charge >= 0.3 is 5.69 Å². The summed E-state index contributed by atoms with van der Waals surface area (Å²) in [6.07, 6.45) is 2.80. The van der Waals surface area contributed by atoms with E-state index < -0.39 is 11.4 Å². The summed E-state index contributed by atoms with van der Waals surface area (Å²) in [4.78, 5) is 56.6. The van der Waals surface area contributed by atoms with Crippen LogP contribution >= 0.6 is 11.6 Å². The number of piperazine rings is 1. The lowest BCUT2D eigenvalue weighted by Gasteiger charge is -2.49. The van der Waals surface area contributed by atoms with Crippen LogP contribution in [0.3, 0.4) is 0 Å². The van der Waals surface area contributed by atoms with Gasteiger partial charge in [0.05, 0.1) is 50.4 Å². The Bertz CT molecular complexity index is 2350. The van der Waals surface area contributed by atoms with Crippen molar-refractivity contribution in [2.24, 2.45) is 7.05 Å². The zero-order valence-electron chi connectivity index (χ0n) is 29.2. The number of nitrogens with one attached hydrogen (secondary N) is 2. The van der Waals surface area contributed by atoms with Gasteiger partial charge in [-0.3, -0.25) is 18.7 Å². The molecule has 50 heavy (non-hydrogen) atoms. The van der Waals surface area contributed by atoms with Crippen LogP contribution in [0.2, 0.25) is 5.02 Å². The molecular formula is C37H40ClFN8O3. The molecule has 0 aliphatic carbocycles. The van der Waals surface area contributed by atoms with Gasteiger partial charge in [0.15, 0.2) is 5.82 Å². The summed E-state index contributed by atoms with van der Waals surface area (Å²) < 4.78 is 20.9. The van der Waals surface area contributed by atoms with Crippen molar-refractivity contribution in [2.75, 3.05) is 29.9 Å². The first kappa shape index (κ1) is 33.5. The number of fused-ring (bicyclic) bond motifs is 6. The molecule has 7 rings (SSSR count). The number of nitrogens with zero attached hydrogens (tertiary/aromatic N) is 6. The molecule has 0 spiro atoms. The Morgan fingerprint density at radius 1 is 1.06 bits per heavy atom. The predicted octanol–water partition coefficient (Wildman–Crippen LogP) is 5.99. The number of hydrogen-bond donors (Lipinski definition) is 2. The van der Waals surface area contributed by atoms with Crippen LogP contribution in [-0.2, 0) is 11.8 Å². The van der Waals surface area contributed by atoms with Crippen molar-refractivity contribution in [3.63, 3.8) is 0 Å². The van der Waals surface area contributed by atoms with Gasteiger partial charge < -0.3 is 20.1 Å². The number of aromatic nitrogens is 5. The largest absolute Gasteiger partial charge is 0.377 e. The minimum Gasteiger partial charge on any atom is -0.377 e. The summed E-state index contributed by atoms with van der Waals surface area (Å²) in [5, 5.41) is 3.92. The molecule has 0 radical (unpaired) electrons. The van der Waals surface area contributed by atoms with Crippen molar-refractivity contribution in [1.82, 2.24) is 29.0 Å². The maximum absolute atomic E-state index is 18.1. The number of halogens is 2. The highest BCUT2D eigenvalue weighted by Crippen LogP contribution is 2.46. The smallest absolute Gasteiger partial charge is 0.326 e. The van der Waals surface area contributed by atoms with E-state index in [1.807, 2.05) is 47.6 Å². The molecular weight excluding hydrogens is 659 g/mol. The number of aryl methyl sites for hydroxylation is 2.